The second-order valence-electron chi connectivity index (χ2n) is 9.75. The van der Waals surface area contributed by atoms with Gasteiger partial charge in [-0.25, -0.2) is 4.79 Å². The zero-order chi connectivity index (χ0) is 27.9. The maximum absolute atomic E-state index is 13.0. The molecule has 4 aromatic rings. The summed E-state index contributed by atoms with van der Waals surface area (Å²) in [6, 6.07) is 12.3. The number of tetrazole rings is 1. The lowest BCUT2D eigenvalue weighted by molar-refractivity contribution is -0.148. The van der Waals surface area contributed by atoms with Crippen molar-refractivity contribution >= 4 is 11.9 Å². The number of aliphatic carboxylic acids is 1. The van der Waals surface area contributed by atoms with Crippen LogP contribution in [0.1, 0.15) is 55.4 Å². The van der Waals surface area contributed by atoms with Crippen molar-refractivity contribution in [1.82, 2.24) is 40.7 Å². The number of carboxylic acid groups (broad SMARTS) is 1. The molecule has 0 unspecified atom stereocenters. The number of H-pyrrole nitrogens is 1. The minimum Gasteiger partial charge on any atom is -0.479 e. The molecule has 12 nitrogen and oxygen atoms in total. The van der Waals surface area contributed by atoms with Crippen LogP contribution in [0.15, 0.2) is 48.7 Å². The van der Waals surface area contributed by atoms with E-state index in [1.165, 1.54) is 0 Å². The first kappa shape index (κ1) is 27.6. The Bertz CT molecular complexity index is 1400. The first-order valence-electron chi connectivity index (χ1n) is 12.8. The Hall–Kier alpha value is -4.45. The maximum Gasteiger partial charge on any atom is 0.334 e. The summed E-state index contributed by atoms with van der Waals surface area (Å²) in [5, 5.41) is 40.8. The number of aromatic nitrogens is 7. The number of aliphatic hydroxyl groups excluding tert-OH is 1. The molecule has 39 heavy (non-hydrogen) atoms. The topological polar surface area (TPSA) is 172 Å². The standard InChI is InChI=1S/C27H32N8O4/c1-4-7-18-13-23(26(37)29-22(12-16(2)3)24(36)27(38)39)32-35(18)15-17-10-11-21(28-14-17)19-8-5-6-9-20(19)25-30-33-34-31-25/h5-6,8-11,13-14,16,22,24,36H,4,7,12,15H2,1-3H3,(H,29,37)(H,38,39)(H,30,31,33,34)/t22-,24-/m1/s1. The van der Waals surface area contributed by atoms with Crippen molar-refractivity contribution in [1.29, 1.82) is 0 Å². The number of carboxylic acids is 1. The Morgan fingerprint density at radius 3 is 2.51 bits per heavy atom. The summed E-state index contributed by atoms with van der Waals surface area (Å²) in [4.78, 5) is 29.0. The van der Waals surface area contributed by atoms with Gasteiger partial charge in [0.2, 0.25) is 5.82 Å². The molecule has 4 rings (SSSR count). The number of aryl methyl sites for hydroxylation is 1. The number of hydrogen-bond donors (Lipinski definition) is 4. The van der Waals surface area contributed by atoms with E-state index in [1.54, 1.807) is 16.9 Å². The van der Waals surface area contributed by atoms with Crippen LogP contribution in [0, 0.1) is 5.92 Å². The van der Waals surface area contributed by atoms with Crippen molar-refractivity contribution in [3.05, 3.63) is 65.6 Å². The summed E-state index contributed by atoms with van der Waals surface area (Å²) < 4.78 is 1.76. The Morgan fingerprint density at radius 1 is 1.13 bits per heavy atom. The van der Waals surface area contributed by atoms with E-state index in [0.29, 0.717) is 25.2 Å². The molecule has 3 heterocycles. The van der Waals surface area contributed by atoms with Gasteiger partial charge in [-0.1, -0.05) is 57.5 Å². The molecule has 3 aromatic heterocycles. The Kier molecular flexibility index (Phi) is 8.77. The van der Waals surface area contributed by atoms with Crippen molar-refractivity contribution in [2.75, 3.05) is 0 Å². The fraction of sp³-hybridized carbons (Fsp3) is 0.370. The number of aliphatic hydroxyl groups is 1. The predicted octanol–water partition coefficient (Wildman–Crippen LogP) is 2.72. The number of hydrogen-bond acceptors (Lipinski definition) is 8. The van der Waals surface area contributed by atoms with E-state index >= 15 is 0 Å². The van der Waals surface area contributed by atoms with Gasteiger partial charge in [-0.15, -0.1) is 10.2 Å². The molecule has 1 aromatic carbocycles. The van der Waals surface area contributed by atoms with E-state index in [4.69, 9.17) is 0 Å². The van der Waals surface area contributed by atoms with Crippen LogP contribution in [0.3, 0.4) is 0 Å². The molecule has 0 fully saturated rings. The van der Waals surface area contributed by atoms with Gasteiger partial charge in [-0.3, -0.25) is 14.5 Å². The molecule has 0 radical (unpaired) electrons. The first-order chi connectivity index (χ1) is 18.8. The molecule has 0 spiro atoms. The molecule has 0 aliphatic heterocycles. The van der Waals surface area contributed by atoms with Crippen molar-refractivity contribution < 1.29 is 19.8 Å². The Morgan fingerprint density at radius 2 is 1.90 bits per heavy atom. The van der Waals surface area contributed by atoms with Crippen LogP contribution in [0.5, 0.6) is 0 Å². The molecule has 2 atom stereocenters. The quantitative estimate of drug-likeness (QED) is 0.214. The summed E-state index contributed by atoms with van der Waals surface area (Å²) in [5.74, 6) is -1.35. The van der Waals surface area contributed by atoms with Crippen LogP contribution in [-0.2, 0) is 17.8 Å². The zero-order valence-electron chi connectivity index (χ0n) is 22.1. The Labute approximate surface area is 225 Å². The Balaban J connectivity index is 1.54. The van der Waals surface area contributed by atoms with E-state index in [1.807, 2.05) is 57.2 Å². The fourth-order valence-corrected chi connectivity index (χ4v) is 4.38. The third kappa shape index (κ3) is 6.71. The predicted molar refractivity (Wildman–Crippen MR) is 143 cm³/mol. The van der Waals surface area contributed by atoms with E-state index in [2.05, 4.69) is 36.0 Å². The van der Waals surface area contributed by atoms with Gasteiger partial charge in [-0.05, 0) is 41.7 Å². The smallest absolute Gasteiger partial charge is 0.334 e. The lowest BCUT2D eigenvalue weighted by atomic mass is 9.99. The molecule has 0 saturated carbocycles. The number of rotatable bonds is 12. The van der Waals surface area contributed by atoms with Crippen LogP contribution < -0.4 is 5.32 Å². The highest BCUT2D eigenvalue weighted by Gasteiger charge is 2.29. The minimum absolute atomic E-state index is 0.0761. The van der Waals surface area contributed by atoms with Gasteiger partial charge in [0.15, 0.2) is 6.10 Å². The third-order valence-corrected chi connectivity index (χ3v) is 6.22. The number of nitrogens with zero attached hydrogens (tertiary/aromatic N) is 6. The van der Waals surface area contributed by atoms with Gasteiger partial charge in [0.05, 0.1) is 18.3 Å². The van der Waals surface area contributed by atoms with Crippen molar-refractivity contribution in [2.45, 2.75) is 58.7 Å². The lowest BCUT2D eigenvalue weighted by Gasteiger charge is -2.22. The summed E-state index contributed by atoms with van der Waals surface area (Å²) in [6.07, 6.45) is 1.93. The number of carbonyl (C=O) groups is 2. The summed E-state index contributed by atoms with van der Waals surface area (Å²) >= 11 is 0. The van der Waals surface area contributed by atoms with E-state index in [-0.39, 0.29) is 11.6 Å². The summed E-state index contributed by atoms with van der Waals surface area (Å²) in [6.45, 7) is 6.22. The number of benzene rings is 1. The van der Waals surface area contributed by atoms with Crippen molar-refractivity contribution in [3.63, 3.8) is 0 Å². The highest BCUT2D eigenvalue weighted by atomic mass is 16.4. The monoisotopic (exact) mass is 532 g/mol. The number of amides is 1. The lowest BCUT2D eigenvalue weighted by Crippen LogP contribution is -2.47. The number of pyridine rings is 1. The van der Waals surface area contributed by atoms with E-state index in [0.717, 1.165) is 34.5 Å². The molecule has 0 bridgehead atoms. The van der Waals surface area contributed by atoms with Crippen LogP contribution in [0.2, 0.25) is 0 Å². The van der Waals surface area contributed by atoms with Gasteiger partial charge in [0.25, 0.3) is 5.91 Å². The van der Waals surface area contributed by atoms with Gasteiger partial charge in [-0.2, -0.15) is 10.3 Å². The molecule has 12 heteroatoms. The molecule has 0 aliphatic carbocycles. The van der Waals surface area contributed by atoms with Gasteiger partial charge >= 0.3 is 5.97 Å². The largest absolute Gasteiger partial charge is 0.479 e. The molecule has 1 amide bonds. The molecular formula is C27H32N8O4. The summed E-state index contributed by atoms with van der Waals surface area (Å²) in [5.41, 5.74) is 4.36. The van der Waals surface area contributed by atoms with Crippen LogP contribution in [-0.4, -0.2) is 69.6 Å². The number of aromatic amines is 1. The number of nitrogens with one attached hydrogen (secondary N) is 2. The fourth-order valence-electron chi connectivity index (χ4n) is 4.38. The van der Waals surface area contributed by atoms with Crippen molar-refractivity contribution in [2.24, 2.45) is 5.92 Å². The normalized spacial score (nSPS) is 12.8. The zero-order valence-corrected chi connectivity index (χ0v) is 22.1. The van der Waals surface area contributed by atoms with Crippen LogP contribution in [0.25, 0.3) is 22.6 Å². The summed E-state index contributed by atoms with van der Waals surface area (Å²) in [7, 11) is 0. The van der Waals surface area contributed by atoms with Crippen molar-refractivity contribution in [3.8, 4) is 22.6 Å². The highest BCUT2D eigenvalue weighted by Crippen LogP contribution is 2.28. The molecule has 0 aliphatic rings. The molecule has 204 valence electrons. The molecule has 0 saturated heterocycles. The second-order valence-corrected chi connectivity index (χ2v) is 9.75. The van der Waals surface area contributed by atoms with E-state index < -0.39 is 24.0 Å². The second kappa shape index (κ2) is 12.4. The minimum atomic E-state index is -1.71. The number of carbonyl (C=O) groups excluding carboxylic acids is 1. The first-order valence-corrected chi connectivity index (χ1v) is 12.8. The third-order valence-electron chi connectivity index (χ3n) is 6.22. The van der Waals surface area contributed by atoms with Gasteiger partial charge < -0.3 is 15.5 Å². The average molecular weight is 533 g/mol. The highest BCUT2D eigenvalue weighted by molar-refractivity contribution is 5.93. The SMILES string of the molecule is CCCc1cc(C(=O)N[C@H](CC(C)C)[C@@H](O)C(=O)O)nn1Cc1ccc(-c2ccccc2-c2nn[nH]n2)nc1. The average Bonchev–Trinajstić information content (AvgIpc) is 3.59. The maximum atomic E-state index is 13.0. The molecular weight excluding hydrogens is 500 g/mol. The van der Waals surface area contributed by atoms with Gasteiger partial charge in [0, 0.05) is 23.0 Å². The molecule has 4 N–H and O–H groups in total. The van der Waals surface area contributed by atoms with Crippen LogP contribution in [0.4, 0.5) is 0 Å². The van der Waals surface area contributed by atoms with E-state index in [9.17, 15) is 19.8 Å². The van der Waals surface area contributed by atoms with Crippen LogP contribution >= 0.6 is 0 Å². The van der Waals surface area contributed by atoms with Gasteiger partial charge in [0.1, 0.15) is 5.69 Å².